The third-order valence-corrected chi connectivity index (χ3v) is 4.83. The molecule has 0 spiro atoms. The number of hydrogen-bond acceptors (Lipinski definition) is 2. The minimum Gasteiger partial charge on any atom is -0.481 e. The highest BCUT2D eigenvalue weighted by atomic mass is 16.4. The van der Waals surface area contributed by atoms with Crippen molar-refractivity contribution in [3.8, 4) is 0 Å². The van der Waals surface area contributed by atoms with E-state index in [1.54, 1.807) is 0 Å². The molecule has 0 bridgehead atoms. The number of carboxylic acid groups (broad SMARTS) is 1. The van der Waals surface area contributed by atoms with Crippen molar-refractivity contribution >= 4 is 5.97 Å². The summed E-state index contributed by atoms with van der Waals surface area (Å²) in [7, 11) is 0. The summed E-state index contributed by atoms with van der Waals surface area (Å²) >= 11 is 0. The van der Waals surface area contributed by atoms with Gasteiger partial charge in [0, 0.05) is 12.6 Å². The molecule has 0 aromatic rings. The van der Waals surface area contributed by atoms with Crippen LogP contribution in [0.3, 0.4) is 0 Å². The first-order valence-corrected chi connectivity index (χ1v) is 8.38. The Bertz CT molecular complexity index is 303. The molecule has 0 aromatic carbocycles. The lowest BCUT2D eigenvalue weighted by atomic mass is 9.69. The molecular formula is C17H33NO2. The Kier molecular flexibility index (Phi) is 7.01. The molecule has 0 aliphatic heterocycles. The normalized spacial score (nSPS) is 27.2. The summed E-state index contributed by atoms with van der Waals surface area (Å²) in [6.45, 7) is 10.6. The lowest BCUT2D eigenvalue weighted by Gasteiger charge is -2.41. The molecule has 0 heterocycles. The Hall–Kier alpha value is -0.570. The minimum absolute atomic E-state index is 0.431. The first kappa shape index (κ1) is 17.5. The Morgan fingerprint density at radius 1 is 1.40 bits per heavy atom. The van der Waals surface area contributed by atoms with E-state index in [-0.39, 0.29) is 0 Å². The first-order chi connectivity index (χ1) is 9.41. The van der Waals surface area contributed by atoms with Gasteiger partial charge in [-0.05, 0) is 45.6 Å². The molecule has 2 atom stereocenters. The first-order valence-electron chi connectivity index (χ1n) is 8.38. The molecule has 1 N–H and O–H groups in total. The van der Waals surface area contributed by atoms with Crippen LogP contribution >= 0.6 is 0 Å². The van der Waals surface area contributed by atoms with Gasteiger partial charge in [-0.3, -0.25) is 9.69 Å². The van der Waals surface area contributed by atoms with Crippen LogP contribution in [0.5, 0.6) is 0 Å². The van der Waals surface area contributed by atoms with E-state index in [0.29, 0.717) is 12.0 Å². The standard InChI is InChI=1S/C17H33NO2/c1-5-6-7-11-18(14(2)3)13-17(16(19)20)10-8-9-15(4)12-17/h14-15H,5-13H2,1-4H3,(H,19,20). The van der Waals surface area contributed by atoms with E-state index < -0.39 is 11.4 Å². The zero-order valence-corrected chi connectivity index (χ0v) is 13.8. The van der Waals surface area contributed by atoms with Crippen molar-refractivity contribution in [1.82, 2.24) is 4.90 Å². The van der Waals surface area contributed by atoms with E-state index in [4.69, 9.17) is 0 Å². The average molecular weight is 283 g/mol. The number of rotatable bonds is 8. The minimum atomic E-state index is -0.579. The second kappa shape index (κ2) is 8.02. The van der Waals surface area contributed by atoms with Crippen LogP contribution in [0.1, 0.15) is 72.6 Å². The summed E-state index contributed by atoms with van der Waals surface area (Å²) in [6.07, 6.45) is 7.58. The van der Waals surface area contributed by atoms with Gasteiger partial charge in [0.2, 0.25) is 0 Å². The van der Waals surface area contributed by atoms with E-state index in [9.17, 15) is 9.90 Å². The van der Waals surface area contributed by atoms with E-state index in [0.717, 1.165) is 32.4 Å². The Morgan fingerprint density at radius 3 is 2.60 bits per heavy atom. The molecule has 3 nitrogen and oxygen atoms in total. The van der Waals surface area contributed by atoms with Crippen molar-refractivity contribution in [3.05, 3.63) is 0 Å². The number of unbranched alkanes of at least 4 members (excludes halogenated alkanes) is 2. The lowest BCUT2D eigenvalue weighted by Crippen LogP contribution is -2.48. The second-order valence-corrected chi connectivity index (χ2v) is 7.06. The zero-order valence-electron chi connectivity index (χ0n) is 13.8. The SMILES string of the molecule is CCCCCN(CC1(C(=O)O)CCCC(C)C1)C(C)C. The van der Waals surface area contributed by atoms with Crippen LogP contribution in [0, 0.1) is 11.3 Å². The molecule has 0 saturated heterocycles. The highest BCUT2D eigenvalue weighted by Crippen LogP contribution is 2.40. The van der Waals surface area contributed by atoms with Gasteiger partial charge in [-0.25, -0.2) is 0 Å². The largest absolute Gasteiger partial charge is 0.481 e. The topological polar surface area (TPSA) is 40.5 Å². The molecule has 2 unspecified atom stereocenters. The number of carbonyl (C=O) groups is 1. The van der Waals surface area contributed by atoms with Crippen LogP contribution in [0.4, 0.5) is 0 Å². The maximum absolute atomic E-state index is 11.9. The number of aliphatic carboxylic acids is 1. The van der Waals surface area contributed by atoms with E-state index >= 15 is 0 Å². The summed E-state index contributed by atoms with van der Waals surface area (Å²) in [4.78, 5) is 14.3. The van der Waals surface area contributed by atoms with Crippen LogP contribution in [0.2, 0.25) is 0 Å². The van der Waals surface area contributed by atoms with Crippen LogP contribution < -0.4 is 0 Å². The summed E-state index contributed by atoms with van der Waals surface area (Å²) in [6, 6.07) is 0.431. The highest BCUT2D eigenvalue weighted by molar-refractivity contribution is 5.75. The number of carboxylic acids is 1. The highest BCUT2D eigenvalue weighted by Gasteiger charge is 2.43. The van der Waals surface area contributed by atoms with Gasteiger partial charge in [0.25, 0.3) is 0 Å². The number of nitrogens with zero attached hydrogens (tertiary/aromatic N) is 1. The van der Waals surface area contributed by atoms with Gasteiger partial charge >= 0.3 is 5.97 Å². The quantitative estimate of drug-likeness (QED) is 0.680. The molecule has 1 saturated carbocycles. The predicted octanol–water partition coefficient (Wildman–Crippen LogP) is 4.17. The Morgan fingerprint density at radius 2 is 2.10 bits per heavy atom. The molecule has 1 rings (SSSR count). The van der Waals surface area contributed by atoms with Crippen molar-refractivity contribution in [2.45, 2.75) is 78.7 Å². The molecule has 0 radical (unpaired) electrons. The maximum atomic E-state index is 11.9. The van der Waals surface area contributed by atoms with Gasteiger partial charge < -0.3 is 5.11 Å². The van der Waals surface area contributed by atoms with Crippen LogP contribution in [0.25, 0.3) is 0 Å². The van der Waals surface area contributed by atoms with Crippen LogP contribution in [-0.4, -0.2) is 35.1 Å². The molecule has 1 aliphatic carbocycles. The maximum Gasteiger partial charge on any atom is 0.310 e. The molecular weight excluding hydrogens is 250 g/mol. The van der Waals surface area contributed by atoms with Gasteiger partial charge in [-0.2, -0.15) is 0 Å². The summed E-state index contributed by atoms with van der Waals surface area (Å²) < 4.78 is 0. The smallest absolute Gasteiger partial charge is 0.310 e. The lowest BCUT2D eigenvalue weighted by molar-refractivity contribution is -0.154. The fourth-order valence-corrected chi connectivity index (χ4v) is 3.54. The van der Waals surface area contributed by atoms with Gasteiger partial charge in [0.15, 0.2) is 0 Å². The fourth-order valence-electron chi connectivity index (χ4n) is 3.54. The number of hydrogen-bond donors (Lipinski definition) is 1. The van der Waals surface area contributed by atoms with Crippen LogP contribution in [-0.2, 0) is 4.79 Å². The van der Waals surface area contributed by atoms with E-state index in [2.05, 4.69) is 32.6 Å². The molecule has 0 amide bonds. The van der Waals surface area contributed by atoms with Gasteiger partial charge in [0.1, 0.15) is 0 Å². The average Bonchev–Trinajstić information content (AvgIpc) is 2.37. The summed E-state index contributed by atoms with van der Waals surface area (Å²) in [5, 5.41) is 9.78. The molecule has 118 valence electrons. The van der Waals surface area contributed by atoms with Crippen LogP contribution in [0.15, 0.2) is 0 Å². The third kappa shape index (κ3) is 4.76. The monoisotopic (exact) mass is 283 g/mol. The third-order valence-electron chi connectivity index (χ3n) is 4.83. The zero-order chi connectivity index (χ0) is 15.2. The molecule has 0 aromatic heterocycles. The van der Waals surface area contributed by atoms with Crippen molar-refractivity contribution < 1.29 is 9.90 Å². The molecule has 3 heteroatoms. The second-order valence-electron chi connectivity index (χ2n) is 7.06. The van der Waals surface area contributed by atoms with Crippen molar-refractivity contribution in [3.63, 3.8) is 0 Å². The van der Waals surface area contributed by atoms with Gasteiger partial charge in [-0.15, -0.1) is 0 Å². The summed E-state index contributed by atoms with van der Waals surface area (Å²) in [5.74, 6) is -0.0327. The van der Waals surface area contributed by atoms with Gasteiger partial charge in [0.05, 0.1) is 5.41 Å². The van der Waals surface area contributed by atoms with Crippen molar-refractivity contribution in [2.75, 3.05) is 13.1 Å². The van der Waals surface area contributed by atoms with Crippen molar-refractivity contribution in [2.24, 2.45) is 11.3 Å². The molecule has 1 fully saturated rings. The van der Waals surface area contributed by atoms with Gasteiger partial charge in [-0.1, -0.05) is 39.5 Å². The Balaban J connectivity index is 2.72. The molecule has 20 heavy (non-hydrogen) atoms. The van der Waals surface area contributed by atoms with E-state index in [1.807, 2.05) is 0 Å². The van der Waals surface area contributed by atoms with Crippen molar-refractivity contribution in [1.29, 1.82) is 0 Å². The summed E-state index contributed by atoms with van der Waals surface area (Å²) in [5.41, 5.74) is -0.506. The fraction of sp³-hybridized carbons (Fsp3) is 0.941. The Labute approximate surface area is 124 Å². The predicted molar refractivity (Wildman–Crippen MR) is 83.9 cm³/mol. The molecule has 1 aliphatic rings. The van der Waals surface area contributed by atoms with E-state index in [1.165, 1.54) is 25.7 Å².